The zero-order valence-electron chi connectivity index (χ0n) is 11.3. The maximum Gasteiger partial charge on any atom is 0.363 e. The maximum absolute atomic E-state index is 4.05. The van der Waals surface area contributed by atoms with Gasteiger partial charge in [0.15, 0.2) is 0 Å². The molecule has 0 fully saturated rings. The van der Waals surface area contributed by atoms with Crippen molar-refractivity contribution in [3.05, 3.63) is 12.4 Å². The Morgan fingerprint density at radius 2 is 1.18 bits per heavy atom. The van der Waals surface area contributed by atoms with E-state index in [2.05, 4.69) is 110 Å². The lowest BCUT2D eigenvalue weighted by Crippen LogP contribution is -2.67. The Bertz CT molecular complexity index is 294. The first-order chi connectivity index (χ1) is 7.41. The first-order valence-electron chi connectivity index (χ1n) is 5.66. The van der Waals surface area contributed by atoms with Crippen LogP contribution in [0.3, 0.4) is 0 Å². The Kier molecular flexibility index (Phi) is 4.56. The fourth-order valence-corrected chi connectivity index (χ4v) is 11.7. The zero-order valence-corrected chi connectivity index (χ0v) is 17.0. The van der Waals surface area contributed by atoms with Gasteiger partial charge in [0.2, 0.25) is 0 Å². The van der Waals surface area contributed by atoms with E-state index in [0.717, 1.165) is 0 Å². The lowest BCUT2D eigenvalue weighted by molar-refractivity contribution is 0.278. The highest BCUT2D eigenvalue weighted by atomic mass is 79.9. The molecule has 0 aromatic carbocycles. The minimum atomic E-state index is -1.99. The van der Waals surface area contributed by atoms with E-state index < -0.39 is 7.02 Å². The Hall–Kier alpha value is 0.997. The third-order valence-electron chi connectivity index (χ3n) is 2.76. The molecule has 0 radical (unpaired) electrons. The van der Waals surface area contributed by atoms with Gasteiger partial charge < -0.3 is 9.13 Å². The van der Waals surface area contributed by atoms with Crippen molar-refractivity contribution >= 4 is 54.2 Å². The highest BCUT2D eigenvalue weighted by molar-refractivity contribution is 9.32. The van der Waals surface area contributed by atoms with Gasteiger partial charge in [-0.25, -0.2) is 0 Å². The summed E-state index contributed by atoms with van der Waals surface area (Å²) in [6, 6.07) is 0. The molecular weight excluding hydrogens is 428 g/mol. The number of halogens is 3. The van der Waals surface area contributed by atoms with Gasteiger partial charge in [-0.05, 0) is 41.5 Å². The molecular formula is C11H21Br3N2Si. The largest absolute Gasteiger partial charge is 0.371 e. The van der Waals surface area contributed by atoms with Crippen molar-refractivity contribution in [3.8, 4) is 0 Å². The van der Waals surface area contributed by atoms with Crippen LogP contribution in [0.1, 0.15) is 41.5 Å². The molecule has 0 unspecified atom stereocenters. The number of hydrogen-bond donors (Lipinski definition) is 0. The van der Waals surface area contributed by atoms with E-state index >= 15 is 0 Å². The van der Waals surface area contributed by atoms with E-state index in [1.807, 2.05) is 0 Å². The summed E-state index contributed by atoms with van der Waals surface area (Å²) < 4.78 is 5.16. The molecule has 100 valence electrons. The topological polar surface area (TPSA) is 6.48 Å². The molecule has 0 N–H and O–H groups in total. The van der Waals surface area contributed by atoms with Gasteiger partial charge in [0, 0.05) is 23.5 Å². The van der Waals surface area contributed by atoms with Crippen LogP contribution in [0, 0.1) is 0 Å². The van der Waals surface area contributed by atoms with Crippen LogP contribution in [-0.2, 0) is 0 Å². The summed E-state index contributed by atoms with van der Waals surface area (Å²) in [7, 11) is -1.99. The van der Waals surface area contributed by atoms with Crippen molar-refractivity contribution in [2.45, 2.75) is 56.0 Å². The molecule has 1 heterocycles. The average Bonchev–Trinajstić information content (AvgIpc) is 2.41. The van der Waals surface area contributed by atoms with Gasteiger partial charge in [0.1, 0.15) is 3.36 Å². The quantitative estimate of drug-likeness (QED) is 0.327. The first-order valence-corrected chi connectivity index (χ1v) is 11.7. The number of rotatable bonds is 1. The van der Waals surface area contributed by atoms with Crippen LogP contribution in [0.15, 0.2) is 12.4 Å². The molecule has 6 heteroatoms. The summed E-state index contributed by atoms with van der Waals surface area (Å²) in [6.45, 7) is 13.5. The van der Waals surface area contributed by atoms with Gasteiger partial charge in [-0.1, -0.05) is 47.2 Å². The fourth-order valence-electron chi connectivity index (χ4n) is 2.06. The molecule has 0 saturated carbocycles. The van der Waals surface area contributed by atoms with Crippen LogP contribution in [0.5, 0.6) is 0 Å². The maximum atomic E-state index is 4.05. The fraction of sp³-hybridized carbons (Fsp3) is 0.818. The molecule has 0 bridgehead atoms. The van der Waals surface area contributed by atoms with Crippen LogP contribution in [0.25, 0.3) is 0 Å². The normalized spacial score (nSPS) is 20.6. The molecule has 0 aromatic rings. The highest BCUT2D eigenvalue weighted by Crippen LogP contribution is 2.45. The number of nitrogens with zero attached hydrogens (tertiary/aromatic N) is 2. The van der Waals surface area contributed by atoms with Crippen molar-refractivity contribution in [2.75, 3.05) is 0 Å². The Labute approximate surface area is 131 Å². The van der Waals surface area contributed by atoms with Gasteiger partial charge >= 0.3 is 7.02 Å². The van der Waals surface area contributed by atoms with Gasteiger partial charge in [0.25, 0.3) is 0 Å². The Morgan fingerprint density at radius 1 is 0.882 bits per heavy atom. The molecule has 0 saturated heterocycles. The van der Waals surface area contributed by atoms with Crippen LogP contribution >= 0.6 is 47.2 Å². The third kappa shape index (κ3) is 2.95. The van der Waals surface area contributed by atoms with E-state index in [4.69, 9.17) is 0 Å². The van der Waals surface area contributed by atoms with E-state index in [-0.39, 0.29) is 14.4 Å². The van der Waals surface area contributed by atoms with Crippen molar-refractivity contribution in [3.63, 3.8) is 0 Å². The molecule has 1 aliphatic rings. The molecule has 1 aliphatic heterocycles. The second kappa shape index (κ2) is 4.83. The SMILES string of the molecule is CC(C)(C)N1C=CN(C(C)(C)C)[Si]1(Br)C(Br)Br. The average molecular weight is 449 g/mol. The molecule has 0 aliphatic carbocycles. The Balaban J connectivity index is 3.21. The molecule has 0 amide bonds. The van der Waals surface area contributed by atoms with Gasteiger partial charge in [-0.15, -0.1) is 0 Å². The van der Waals surface area contributed by atoms with E-state index in [1.165, 1.54) is 0 Å². The second-order valence-corrected chi connectivity index (χ2v) is 17.4. The summed E-state index contributed by atoms with van der Waals surface area (Å²) >= 11 is 11.5. The first kappa shape index (κ1) is 16.1. The highest BCUT2D eigenvalue weighted by Gasteiger charge is 2.56. The van der Waals surface area contributed by atoms with Crippen molar-refractivity contribution in [2.24, 2.45) is 0 Å². The number of hydrogen-bond acceptors (Lipinski definition) is 2. The lowest BCUT2D eigenvalue weighted by atomic mass is 10.1. The molecule has 1 rings (SSSR count). The van der Waals surface area contributed by atoms with Crippen LogP contribution in [0.2, 0.25) is 0 Å². The Morgan fingerprint density at radius 3 is 1.35 bits per heavy atom. The monoisotopic (exact) mass is 446 g/mol. The van der Waals surface area contributed by atoms with Gasteiger partial charge in [-0.3, -0.25) is 0 Å². The van der Waals surface area contributed by atoms with Gasteiger partial charge in [-0.2, -0.15) is 0 Å². The lowest BCUT2D eigenvalue weighted by Gasteiger charge is -2.50. The molecule has 0 atom stereocenters. The van der Waals surface area contributed by atoms with E-state index in [1.54, 1.807) is 0 Å². The van der Waals surface area contributed by atoms with E-state index in [9.17, 15) is 0 Å². The summed E-state index contributed by atoms with van der Waals surface area (Å²) in [5.74, 6) is 0. The molecule has 17 heavy (non-hydrogen) atoms. The van der Waals surface area contributed by atoms with E-state index in [0.29, 0.717) is 0 Å². The summed E-state index contributed by atoms with van der Waals surface area (Å²) in [5, 5.41) is 0. The van der Waals surface area contributed by atoms with Crippen molar-refractivity contribution in [1.29, 1.82) is 0 Å². The van der Waals surface area contributed by atoms with Crippen LogP contribution in [-0.4, -0.2) is 30.6 Å². The summed E-state index contributed by atoms with van der Waals surface area (Å²) in [6.07, 6.45) is 4.42. The van der Waals surface area contributed by atoms with Crippen LogP contribution in [0.4, 0.5) is 0 Å². The smallest absolute Gasteiger partial charge is 0.363 e. The predicted octanol–water partition coefficient (Wildman–Crippen LogP) is 4.66. The third-order valence-corrected chi connectivity index (χ3v) is 17.5. The molecule has 0 aromatic heterocycles. The van der Waals surface area contributed by atoms with Gasteiger partial charge in [0.05, 0.1) is 0 Å². The summed E-state index contributed by atoms with van der Waals surface area (Å²) in [5.41, 5.74) is 0.206. The van der Waals surface area contributed by atoms with Crippen molar-refractivity contribution < 1.29 is 0 Å². The number of alkyl halides is 2. The molecule has 2 nitrogen and oxygen atoms in total. The summed E-state index contributed by atoms with van der Waals surface area (Å²) in [4.78, 5) is 0. The van der Waals surface area contributed by atoms with Crippen LogP contribution < -0.4 is 0 Å². The van der Waals surface area contributed by atoms with Crippen molar-refractivity contribution in [1.82, 2.24) is 9.13 Å². The minimum absolute atomic E-state index is 0.103. The standard InChI is InChI=1S/C11H21Br3N2Si/c1-10(2,3)15-7-8-16(11(4,5)6)17(15,14)9(12)13/h7-9H,1-6H3. The second-order valence-electron chi connectivity index (χ2n) is 6.32. The predicted molar refractivity (Wildman–Crippen MR) is 88.6 cm³/mol. The minimum Gasteiger partial charge on any atom is -0.371 e. The molecule has 0 spiro atoms. The zero-order chi connectivity index (χ0) is 13.6.